The summed E-state index contributed by atoms with van der Waals surface area (Å²) in [7, 11) is 1.35. The number of hydrogen-bond acceptors (Lipinski definition) is 6. The minimum Gasteiger partial charge on any atom is -0.511 e. The number of ether oxygens (including phenoxy) is 1. The standard InChI is InChI=1S/C30H45NO6/c1-7-23(33)18(3)10-8-9-11-22(32)16-21-13-12-20-15-17(2)14-19(4)25(20)30(21,5)27(35)24-26(34)29(37-6)31-28(24)36/h8-13,17-23,25,29,32-33,35H,7,14-16H2,1-6H3,(H,31,36)/b10-8+,11-9+,27-24?/t17-,18+,19-,20-,21-,22+,23+,25+,29-,30-/m1/s1. The van der Waals surface area contributed by atoms with E-state index in [9.17, 15) is 24.9 Å². The van der Waals surface area contributed by atoms with E-state index in [1.807, 2.05) is 32.9 Å². The van der Waals surface area contributed by atoms with Crippen molar-refractivity contribution in [1.29, 1.82) is 0 Å². The van der Waals surface area contributed by atoms with Gasteiger partial charge in [0.15, 0.2) is 6.23 Å². The molecule has 7 heteroatoms. The molecule has 3 rings (SSSR count). The lowest BCUT2D eigenvalue weighted by Gasteiger charge is -2.54. The van der Waals surface area contributed by atoms with Gasteiger partial charge in [0.1, 0.15) is 11.3 Å². The molecule has 1 amide bonds. The minimum atomic E-state index is -1.10. The SMILES string of the molecule is CC[C@H](O)[C@@H](C)/C=C/C=C/[C@H](O)C[C@H]1C=C[C@@H]2C[C@H](C)C[C@@H](C)[C@@H]2[C@]1(C)C(O)=C1C(=O)N[C@H](OC)C1=O. The Kier molecular flexibility index (Phi) is 9.59. The monoisotopic (exact) mass is 515 g/mol. The van der Waals surface area contributed by atoms with Crippen LogP contribution in [-0.2, 0) is 14.3 Å². The third-order valence-electron chi connectivity index (χ3n) is 8.91. The van der Waals surface area contributed by atoms with Crippen molar-refractivity contribution >= 4 is 11.7 Å². The zero-order valence-electron chi connectivity index (χ0n) is 23.1. The normalized spacial score (nSPS) is 38.1. The molecule has 0 unspecified atom stereocenters. The Morgan fingerprint density at radius 3 is 2.49 bits per heavy atom. The van der Waals surface area contributed by atoms with Gasteiger partial charge in [0.05, 0.1) is 12.2 Å². The predicted octanol–water partition coefficient (Wildman–Crippen LogP) is 4.23. The lowest BCUT2D eigenvalue weighted by atomic mass is 9.50. The fourth-order valence-electron chi connectivity index (χ4n) is 6.96. The zero-order valence-corrected chi connectivity index (χ0v) is 23.1. The van der Waals surface area contributed by atoms with Gasteiger partial charge in [-0.2, -0.15) is 0 Å². The predicted molar refractivity (Wildman–Crippen MR) is 143 cm³/mol. The maximum Gasteiger partial charge on any atom is 0.260 e. The van der Waals surface area contributed by atoms with Crippen LogP contribution in [0.1, 0.15) is 60.3 Å². The third kappa shape index (κ3) is 5.94. The number of rotatable bonds is 9. The van der Waals surface area contributed by atoms with Crippen LogP contribution in [0.15, 0.2) is 47.8 Å². The first kappa shape index (κ1) is 29.3. The number of allylic oxidation sites excluding steroid dienone is 5. The van der Waals surface area contributed by atoms with Crippen LogP contribution in [0.5, 0.6) is 0 Å². The summed E-state index contributed by atoms with van der Waals surface area (Å²) in [5.41, 5.74) is -1.13. The quantitative estimate of drug-likeness (QED) is 0.120. The second kappa shape index (κ2) is 12.1. The first-order chi connectivity index (χ1) is 17.4. The second-order valence-electron chi connectivity index (χ2n) is 11.6. The molecule has 1 aliphatic heterocycles. The van der Waals surface area contributed by atoms with Crippen molar-refractivity contribution in [2.75, 3.05) is 7.11 Å². The molecular weight excluding hydrogens is 470 g/mol. The summed E-state index contributed by atoms with van der Waals surface area (Å²) in [6.45, 7) is 10.2. The second-order valence-corrected chi connectivity index (χ2v) is 11.6. The minimum absolute atomic E-state index is 0.0121. The van der Waals surface area contributed by atoms with E-state index < -0.39 is 35.5 Å². The molecule has 0 bridgehead atoms. The number of methoxy groups -OCH3 is 1. The van der Waals surface area contributed by atoms with Crippen molar-refractivity contribution in [2.24, 2.45) is 40.9 Å². The average Bonchev–Trinajstić information content (AvgIpc) is 3.14. The highest BCUT2D eigenvalue weighted by Gasteiger charge is 2.55. The highest BCUT2D eigenvalue weighted by atomic mass is 16.5. The summed E-state index contributed by atoms with van der Waals surface area (Å²) in [4.78, 5) is 25.7. The van der Waals surface area contributed by atoms with Gasteiger partial charge in [-0.25, -0.2) is 0 Å². The molecule has 2 fully saturated rings. The summed E-state index contributed by atoms with van der Waals surface area (Å²) in [5, 5.41) is 35.1. The maximum absolute atomic E-state index is 13.0. The van der Waals surface area contributed by atoms with Crippen LogP contribution in [0.3, 0.4) is 0 Å². The van der Waals surface area contributed by atoms with Gasteiger partial charge >= 0.3 is 0 Å². The molecule has 4 N–H and O–H groups in total. The van der Waals surface area contributed by atoms with Gasteiger partial charge in [-0.1, -0.05) is 71.1 Å². The molecule has 10 atom stereocenters. The molecule has 0 aromatic rings. The van der Waals surface area contributed by atoms with Crippen LogP contribution in [0.25, 0.3) is 0 Å². The lowest BCUT2D eigenvalue weighted by molar-refractivity contribution is -0.124. The fraction of sp³-hybridized carbons (Fsp3) is 0.667. The van der Waals surface area contributed by atoms with Gasteiger partial charge in [-0.3, -0.25) is 9.59 Å². The number of aliphatic hydroxyl groups is 3. The Morgan fingerprint density at radius 2 is 1.86 bits per heavy atom. The summed E-state index contributed by atoms with van der Waals surface area (Å²) in [6, 6.07) is 0. The number of ketones is 1. The summed E-state index contributed by atoms with van der Waals surface area (Å²) in [6.07, 6.45) is 12.2. The fourth-order valence-corrected chi connectivity index (χ4v) is 6.96. The Morgan fingerprint density at radius 1 is 1.19 bits per heavy atom. The van der Waals surface area contributed by atoms with Gasteiger partial charge in [-0.05, 0) is 55.3 Å². The van der Waals surface area contributed by atoms with E-state index >= 15 is 0 Å². The Hall–Kier alpha value is -2.22. The largest absolute Gasteiger partial charge is 0.511 e. The van der Waals surface area contributed by atoms with Crippen LogP contribution in [-0.4, -0.2) is 52.6 Å². The van der Waals surface area contributed by atoms with E-state index in [0.717, 1.165) is 12.8 Å². The number of aliphatic hydroxyl groups excluding tert-OH is 3. The van der Waals surface area contributed by atoms with E-state index in [2.05, 4.69) is 31.3 Å². The van der Waals surface area contributed by atoms with Crippen LogP contribution < -0.4 is 5.32 Å². The third-order valence-corrected chi connectivity index (χ3v) is 8.91. The maximum atomic E-state index is 13.0. The number of carbonyl (C=O) groups is 2. The van der Waals surface area contributed by atoms with Gasteiger partial charge in [0.25, 0.3) is 5.91 Å². The number of nitrogens with one attached hydrogen (secondary N) is 1. The van der Waals surface area contributed by atoms with Gasteiger partial charge in [0, 0.05) is 18.4 Å². The molecule has 1 saturated carbocycles. The summed E-state index contributed by atoms with van der Waals surface area (Å²) < 4.78 is 5.11. The number of fused-ring (bicyclic) bond motifs is 1. The number of amides is 1. The van der Waals surface area contributed by atoms with Crippen molar-refractivity contribution in [1.82, 2.24) is 5.32 Å². The number of Topliss-reactive ketones (excluding diaryl/α,β-unsaturated/α-hetero) is 1. The van der Waals surface area contributed by atoms with E-state index in [-0.39, 0.29) is 40.9 Å². The van der Waals surface area contributed by atoms with Crippen molar-refractivity contribution < 1.29 is 29.6 Å². The molecule has 37 heavy (non-hydrogen) atoms. The molecule has 3 aliphatic rings. The van der Waals surface area contributed by atoms with Gasteiger partial charge in [0.2, 0.25) is 5.78 Å². The molecule has 0 spiro atoms. The molecule has 2 aliphatic carbocycles. The topological polar surface area (TPSA) is 116 Å². The van der Waals surface area contributed by atoms with E-state index in [1.54, 1.807) is 12.2 Å². The Balaban J connectivity index is 1.94. The van der Waals surface area contributed by atoms with E-state index in [0.29, 0.717) is 18.8 Å². The van der Waals surface area contributed by atoms with Crippen molar-refractivity contribution in [2.45, 2.75) is 78.7 Å². The first-order valence-corrected chi connectivity index (χ1v) is 13.7. The molecule has 7 nitrogen and oxygen atoms in total. The van der Waals surface area contributed by atoms with Crippen LogP contribution >= 0.6 is 0 Å². The van der Waals surface area contributed by atoms with Gasteiger partial charge < -0.3 is 25.4 Å². The van der Waals surface area contributed by atoms with Crippen LogP contribution in [0.2, 0.25) is 0 Å². The zero-order chi connectivity index (χ0) is 27.5. The molecule has 0 aromatic heterocycles. The van der Waals surface area contributed by atoms with Crippen molar-refractivity contribution in [3.05, 3.63) is 47.8 Å². The van der Waals surface area contributed by atoms with Gasteiger partial charge in [-0.15, -0.1) is 0 Å². The Labute approximate surface area is 221 Å². The molecular formula is C30H45NO6. The summed E-state index contributed by atoms with van der Waals surface area (Å²) in [5.74, 6) is -0.620. The van der Waals surface area contributed by atoms with E-state index in [1.165, 1.54) is 7.11 Å². The first-order valence-electron chi connectivity index (χ1n) is 13.7. The lowest BCUT2D eigenvalue weighted by Crippen LogP contribution is -2.49. The molecule has 1 saturated heterocycles. The molecule has 206 valence electrons. The highest BCUT2D eigenvalue weighted by Crippen LogP contribution is 2.58. The van der Waals surface area contributed by atoms with Crippen LogP contribution in [0.4, 0.5) is 0 Å². The Bertz CT molecular complexity index is 967. The van der Waals surface area contributed by atoms with Crippen LogP contribution in [0, 0.1) is 40.9 Å². The molecule has 0 aromatic carbocycles. The smallest absolute Gasteiger partial charge is 0.260 e. The van der Waals surface area contributed by atoms with Crippen molar-refractivity contribution in [3.8, 4) is 0 Å². The van der Waals surface area contributed by atoms with E-state index in [4.69, 9.17) is 4.74 Å². The number of hydrogen-bond donors (Lipinski definition) is 4. The number of carbonyl (C=O) groups excluding carboxylic acids is 2. The molecule has 0 radical (unpaired) electrons. The summed E-state index contributed by atoms with van der Waals surface area (Å²) >= 11 is 0. The molecule has 1 heterocycles. The average molecular weight is 516 g/mol. The highest BCUT2D eigenvalue weighted by molar-refractivity contribution is 6.26. The van der Waals surface area contributed by atoms with Crippen molar-refractivity contribution in [3.63, 3.8) is 0 Å².